The number of unbranched alkanes of at least 4 members (excludes halogenated alkanes) is 1. The SMILES string of the molecule is CCCC[C@@]12O[C@]34CCCC=C3C(=O)O[C@@]43[C@H](CCC)[C@H]4C=C(C(=O)N1[C@@H](C)c1ccccc1)[C@]32CC4. The maximum absolute atomic E-state index is 14.6. The normalized spacial score (nSPS) is 41.6. The number of benzene rings is 1. The van der Waals surface area contributed by atoms with Crippen LogP contribution in [0.3, 0.4) is 0 Å². The lowest BCUT2D eigenvalue weighted by Crippen LogP contribution is -2.69. The van der Waals surface area contributed by atoms with Crippen molar-refractivity contribution in [2.75, 3.05) is 0 Å². The molecule has 7 atom stereocenters. The molecule has 3 spiro atoms. The van der Waals surface area contributed by atoms with Gasteiger partial charge in [-0.05, 0) is 69.8 Å². The first kappa shape index (κ1) is 23.7. The van der Waals surface area contributed by atoms with Crippen LogP contribution in [0.15, 0.2) is 53.6 Å². The molecule has 1 amide bonds. The Labute approximate surface area is 220 Å². The minimum absolute atomic E-state index is 0.0885. The van der Waals surface area contributed by atoms with E-state index in [-0.39, 0.29) is 29.8 Å². The average Bonchev–Trinajstić information content (AvgIpc) is 3.38. The number of amides is 1. The number of hydrogen-bond acceptors (Lipinski definition) is 4. The molecule has 1 aromatic rings. The summed E-state index contributed by atoms with van der Waals surface area (Å²) < 4.78 is 14.5. The molecule has 37 heavy (non-hydrogen) atoms. The highest BCUT2D eigenvalue weighted by Crippen LogP contribution is 2.82. The molecule has 5 heteroatoms. The van der Waals surface area contributed by atoms with Gasteiger partial charge in [0.15, 0.2) is 11.3 Å². The van der Waals surface area contributed by atoms with Gasteiger partial charge in [0.1, 0.15) is 5.60 Å². The summed E-state index contributed by atoms with van der Waals surface area (Å²) in [7, 11) is 0. The predicted octanol–water partition coefficient (Wildman–Crippen LogP) is 6.40. The zero-order valence-corrected chi connectivity index (χ0v) is 22.4. The number of rotatable bonds is 7. The van der Waals surface area contributed by atoms with Crippen molar-refractivity contribution in [1.82, 2.24) is 4.90 Å². The van der Waals surface area contributed by atoms with Crippen LogP contribution in [-0.4, -0.2) is 33.7 Å². The number of fused-ring (bicyclic) bond motifs is 1. The second kappa shape index (κ2) is 7.81. The number of allylic oxidation sites excluding steroid dienone is 2. The topological polar surface area (TPSA) is 55.8 Å². The smallest absolute Gasteiger partial charge is 0.337 e. The van der Waals surface area contributed by atoms with Gasteiger partial charge in [0, 0.05) is 11.5 Å². The predicted molar refractivity (Wildman–Crippen MR) is 140 cm³/mol. The van der Waals surface area contributed by atoms with Gasteiger partial charge >= 0.3 is 5.97 Å². The fourth-order valence-electron chi connectivity index (χ4n) is 9.85. The van der Waals surface area contributed by atoms with Crippen LogP contribution in [0.1, 0.15) is 96.6 Å². The van der Waals surface area contributed by atoms with Gasteiger partial charge in [0.25, 0.3) is 5.91 Å². The molecule has 3 heterocycles. The first-order chi connectivity index (χ1) is 17.9. The first-order valence-corrected chi connectivity index (χ1v) is 14.7. The maximum Gasteiger partial charge on any atom is 0.337 e. The molecule has 4 aliphatic carbocycles. The minimum Gasteiger partial charge on any atom is -0.451 e. The molecule has 1 saturated carbocycles. The Hall–Kier alpha value is -2.40. The van der Waals surface area contributed by atoms with E-state index in [1.54, 1.807) is 0 Å². The van der Waals surface area contributed by atoms with Crippen LogP contribution in [0.25, 0.3) is 0 Å². The molecule has 0 radical (unpaired) electrons. The van der Waals surface area contributed by atoms with Crippen LogP contribution in [0, 0.1) is 17.3 Å². The monoisotopic (exact) mass is 501 g/mol. The average molecular weight is 502 g/mol. The summed E-state index contributed by atoms with van der Waals surface area (Å²) in [5.74, 6) is 0.300. The molecular weight excluding hydrogens is 462 g/mol. The molecule has 2 bridgehead atoms. The summed E-state index contributed by atoms with van der Waals surface area (Å²) in [6.07, 6.45) is 13.7. The van der Waals surface area contributed by atoms with E-state index < -0.39 is 22.3 Å². The molecule has 0 unspecified atom stereocenters. The van der Waals surface area contributed by atoms with Crippen LogP contribution in [0.2, 0.25) is 0 Å². The van der Waals surface area contributed by atoms with E-state index in [0.717, 1.165) is 80.9 Å². The summed E-state index contributed by atoms with van der Waals surface area (Å²) in [6, 6.07) is 10.2. The van der Waals surface area contributed by atoms with E-state index in [1.165, 1.54) is 0 Å². The lowest BCUT2D eigenvalue weighted by molar-refractivity contribution is -0.206. The van der Waals surface area contributed by atoms with E-state index in [2.05, 4.69) is 50.0 Å². The fourth-order valence-corrected chi connectivity index (χ4v) is 9.85. The summed E-state index contributed by atoms with van der Waals surface area (Å²) in [5.41, 5.74) is -0.296. The third-order valence-corrected chi connectivity index (χ3v) is 10.9. The highest BCUT2D eigenvalue weighted by Gasteiger charge is 2.93. The maximum atomic E-state index is 14.6. The third kappa shape index (κ3) is 2.43. The zero-order valence-electron chi connectivity index (χ0n) is 22.4. The van der Waals surface area contributed by atoms with E-state index >= 15 is 0 Å². The molecule has 1 aromatic carbocycles. The summed E-state index contributed by atoms with van der Waals surface area (Å²) in [4.78, 5) is 30.4. The molecule has 3 saturated heterocycles. The van der Waals surface area contributed by atoms with E-state index in [9.17, 15) is 9.59 Å². The Morgan fingerprint density at radius 2 is 1.89 bits per heavy atom. The van der Waals surface area contributed by atoms with Gasteiger partial charge in [-0.25, -0.2) is 4.79 Å². The standard InChI is InChI=1S/C32H39NO4/c1-4-6-18-31-29-19-16-23(20-26(29)27(34)33(31)21(3)22-13-8-7-9-14-22)24(12-5-2)32(29)30(37-31)17-11-10-15-25(30)28(35)36-32/h7-9,13-15,20-21,23-24H,4-6,10-12,16-19H2,1-3H3/t21-,23+,24+,29-,30+,31-,32+/m0/s1. The van der Waals surface area contributed by atoms with Crippen molar-refractivity contribution >= 4 is 11.9 Å². The number of carbonyl (C=O) groups is 2. The molecule has 0 aromatic heterocycles. The van der Waals surface area contributed by atoms with Gasteiger partial charge in [0.2, 0.25) is 0 Å². The lowest BCUT2D eigenvalue weighted by atomic mass is 9.42. The Balaban J connectivity index is 1.54. The van der Waals surface area contributed by atoms with Crippen LogP contribution in [0.4, 0.5) is 0 Å². The van der Waals surface area contributed by atoms with Crippen molar-refractivity contribution in [2.45, 2.75) is 108 Å². The van der Waals surface area contributed by atoms with Crippen LogP contribution in [-0.2, 0) is 19.1 Å². The number of carbonyl (C=O) groups excluding carboxylic acids is 2. The van der Waals surface area contributed by atoms with Gasteiger partial charge in [-0.15, -0.1) is 0 Å². The third-order valence-electron chi connectivity index (χ3n) is 10.9. The Morgan fingerprint density at radius 1 is 1.08 bits per heavy atom. The largest absolute Gasteiger partial charge is 0.451 e. The van der Waals surface area contributed by atoms with Crippen molar-refractivity contribution in [3.05, 3.63) is 59.2 Å². The van der Waals surface area contributed by atoms with Crippen LogP contribution < -0.4 is 0 Å². The molecule has 4 fully saturated rings. The molecular formula is C32H39NO4. The number of esters is 1. The summed E-state index contributed by atoms with van der Waals surface area (Å²) >= 11 is 0. The Bertz CT molecular complexity index is 1220. The number of ether oxygens (including phenoxy) is 2. The second-order valence-corrected chi connectivity index (χ2v) is 12.3. The highest BCUT2D eigenvalue weighted by atomic mass is 16.6. The highest BCUT2D eigenvalue weighted by molar-refractivity contribution is 6.03. The van der Waals surface area contributed by atoms with E-state index in [1.807, 2.05) is 18.2 Å². The van der Waals surface area contributed by atoms with Crippen molar-refractivity contribution in [3.8, 4) is 0 Å². The van der Waals surface area contributed by atoms with Crippen molar-refractivity contribution in [1.29, 1.82) is 0 Å². The fraction of sp³-hybridized carbons (Fsp3) is 0.625. The lowest BCUT2D eigenvalue weighted by Gasteiger charge is -2.60. The zero-order chi connectivity index (χ0) is 25.6. The molecule has 3 aliphatic heterocycles. The number of nitrogens with zero attached hydrogens (tertiary/aromatic N) is 1. The molecule has 0 N–H and O–H groups in total. The van der Waals surface area contributed by atoms with Crippen LogP contribution in [0.5, 0.6) is 0 Å². The molecule has 7 aliphatic rings. The van der Waals surface area contributed by atoms with Gasteiger partial charge < -0.3 is 14.4 Å². The Morgan fingerprint density at radius 3 is 2.65 bits per heavy atom. The quantitative estimate of drug-likeness (QED) is 0.406. The van der Waals surface area contributed by atoms with Gasteiger partial charge in [-0.1, -0.05) is 69.2 Å². The van der Waals surface area contributed by atoms with Crippen molar-refractivity contribution in [2.24, 2.45) is 17.3 Å². The van der Waals surface area contributed by atoms with Gasteiger partial charge in [-0.2, -0.15) is 0 Å². The number of hydrogen-bond donors (Lipinski definition) is 0. The minimum atomic E-state index is -0.824. The number of likely N-dealkylation sites (tertiary alicyclic amines) is 1. The summed E-state index contributed by atoms with van der Waals surface area (Å²) in [5, 5.41) is 0. The summed E-state index contributed by atoms with van der Waals surface area (Å²) in [6.45, 7) is 6.59. The molecule has 5 nitrogen and oxygen atoms in total. The van der Waals surface area contributed by atoms with E-state index in [0.29, 0.717) is 0 Å². The van der Waals surface area contributed by atoms with Gasteiger partial charge in [0.05, 0.1) is 17.0 Å². The van der Waals surface area contributed by atoms with Gasteiger partial charge in [-0.3, -0.25) is 4.79 Å². The van der Waals surface area contributed by atoms with Crippen LogP contribution >= 0.6 is 0 Å². The molecule has 196 valence electrons. The second-order valence-electron chi connectivity index (χ2n) is 12.3. The first-order valence-electron chi connectivity index (χ1n) is 14.7. The van der Waals surface area contributed by atoms with Crippen molar-refractivity contribution in [3.63, 3.8) is 0 Å². The molecule has 8 rings (SSSR count). The van der Waals surface area contributed by atoms with Crippen molar-refractivity contribution < 1.29 is 19.1 Å². The Kier molecular flexibility index (Phi) is 5.00. The van der Waals surface area contributed by atoms with E-state index in [4.69, 9.17) is 9.47 Å².